The number of benzene rings is 1. The first-order valence-corrected chi connectivity index (χ1v) is 5.39. The lowest BCUT2D eigenvalue weighted by Gasteiger charge is -2.10. The van der Waals surface area contributed by atoms with Crippen molar-refractivity contribution in [2.45, 2.75) is 13.3 Å². The van der Waals surface area contributed by atoms with Gasteiger partial charge >= 0.3 is 5.63 Å². The summed E-state index contributed by atoms with van der Waals surface area (Å²) in [4.78, 5) is 11.5. The molecule has 0 saturated carbocycles. The van der Waals surface area contributed by atoms with Gasteiger partial charge in [-0.05, 0) is 24.1 Å². The highest BCUT2D eigenvalue weighted by Crippen LogP contribution is 2.35. The average molecular weight is 234 g/mol. The molecule has 4 nitrogen and oxygen atoms in total. The Morgan fingerprint density at radius 2 is 2.00 bits per heavy atom. The molecule has 0 spiro atoms. The molecule has 0 atom stereocenters. The van der Waals surface area contributed by atoms with Gasteiger partial charge in [0.15, 0.2) is 11.3 Å². The van der Waals surface area contributed by atoms with E-state index < -0.39 is 0 Å². The highest BCUT2D eigenvalue weighted by molar-refractivity contribution is 5.87. The molecule has 17 heavy (non-hydrogen) atoms. The third-order valence-corrected chi connectivity index (χ3v) is 2.72. The van der Waals surface area contributed by atoms with E-state index in [1.807, 2.05) is 13.0 Å². The zero-order valence-electron chi connectivity index (χ0n) is 10.1. The van der Waals surface area contributed by atoms with Crippen molar-refractivity contribution < 1.29 is 13.9 Å². The molecule has 1 aromatic carbocycles. The molecular formula is C13H14O4. The fourth-order valence-corrected chi connectivity index (χ4v) is 1.90. The summed E-state index contributed by atoms with van der Waals surface area (Å²) in [5, 5.41) is 0.879. The van der Waals surface area contributed by atoms with Crippen LogP contribution >= 0.6 is 0 Å². The summed E-state index contributed by atoms with van der Waals surface area (Å²) in [6.07, 6.45) is 0.761. The molecule has 0 bridgehead atoms. The minimum atomic E-state index is -0.374. The van der Waals surface area contributed by atoms with Gasteiger partial charge in [-0.1, -0.05) is 6.92 Å². The lowest BCUT2D eigenvalue weighted by Crippen LogP contribution is -2.01. The average Bonchev–Trinajstić information content (AvgIpc) is 2.36. The van der Waals surface area contributed by atoms with Gasteiger partial charge in [0.05, 0.1) is 14.2 Å². The third kappa shape index (κ3) is 1.86. The predicted octanol–water partition coefficient (Wildman–Crippen LogP) is 2.37. The molecule has 0 amide bonds. The summed E-state index contributed by atoms with van der Waals surface area (Å²) in [5.74, 6) is 1.01. The molecule has 0 saturated heterocycles. The van der Waals surface area contributed by atoms with E-state index >= 15 is 0 Å². The fraction of sp³-hybridized carbons (Fsp3) is 0.308. The molecular weight excluding hydrogens is 220 g/mol. The Hall–Kier alpha value is -1.97. The molecule has 90 valence electrons. The number of hydrogen-bond acceptors (Lipinski definition) is 4. The van der Waals surface area contributed by atoms with Crippen LogP contribution in [0.4, 0.5) is 0 Å². The molecule has 2 rings (SSSR count). The monoisotopic (exact) mass is 234 g/mol. The van der Waals surface area contributed by atoms with Crippen LogP contribution in [-0.4, -0.2) is 14.2 Å². The molecule has 0 aliphatic rings. The summed E-state index contributed by atoms with van der Waals surface area (Å²) in [5.41, 5.74) is 1.01. The van der Waals surface area contributed by atoms with E-state index in [0.717, 1.165) is 17.4 Å². The molecule has 4 heteroatoms. The van der Waals surface area contributed by atoms with Gasteiger partial charge in [0.1, 0.15) is 0 Å². The van der Waals surface area contributed by atoms with Gasteiger partial charge < -0.3 is 13.9 Å². The largest absolute Gasteiger partial charge is 0.493 e. The molecule has 2 aromatic rings. The Bertz CT molecular complexity index is 598. The SMILES string of the molecule is CCc1cc(=O)oc2c(OC)c(OC)ccc12. The van der Waals surface area contributed by atoms with Crippen LogP contribution in [0.5, 0.6) is 11.5 Å². The molecule has 1 heterocycles. The molecule has 0 N–H and O–H groups in total. The number of hydrogen-bond donors (Lipinski definition) is 0. The normalized spacial score (nSPS) is 10.5. The molecule has 0 aliphatic carbocycles. The fourth-order valence-electron chi connectivity index (χ4n) is 1.90. The molecule has 1 aromatic heterocycles. The zero-order chi connectivity index (χ0) is 12.4. The second-order valence-electron chi connectivity index (χ2n) is 3.62. The lowest BCUT2D eigenvalue weighted by molar-refractivity contribution is 0.352. The Balaban J connectivity index is 2.89. The number of rotatable bonds is 3. The van der Waals surface area contributed by atoms with Crippen molar-refractivity contribution >= 4 is 11.0 Å². The van der Waals surface area contributed by atoms with Gasteiger partial charge in [0.25, 0.3) is 0 Å². The summed E-state index contributed by atoms with van der Waals surface area (Å²) in [7, 11) is 3.07. The smallest absolute Gasteiger partial charge is 0.336 e. The zero-order valence-corrected chi connectivity index (χ0v) is 10.1. The molecule has 0 unspecified atom stereocenters. The van der Waals surface area contributed by atoms with E-state index in [4.69, 9.17) is 13.9 Å². The van der Waals surface area contributed by atoms with Crippen molar-refractivity contribution in [3.8, 4) is 11.5 Å². The third-order valence-electron chi connectivity index (χ3n) is 2.72. The Labute approximate surface area is 98.8 Å². The van der Waals surface area contributed by atoms with Crippen molar-refractivity contribution in [1.29, 1.82) is 0 Å². The Morgan fingerprint density at radius 3 is 2.59 bits per heavy atom. The number of aryl methyl sites for hydroxylation is 1. The minimum Gasteiger partial charge on any atom is -0.493 e. The van der Waals surface area contributed by atoms with E-state index in [1.165, 1.54) is 13.2 Å². The highest BCUT2D eigenvalue weighted by atomic mass is 16.5. The predicted molar refractivity (Wildman–Crippen MR) is 65.0 cm³/mol. The maximum absolute atomic E-state index is 11.5. The van der Waals surface area contributed by atoms with Crippen molar-refractivity contribution in [1.82, 2.24) is 0 Å². The first-order chi connectivity index (χ1) is 8.21. The van der Waals surface area contributed by atoms with E-state index in [0.29, 0.717) is 17.1 Å². The summed E-state index contributed by atoms with van der Waals surface area (Å²) < 4.78 is 15.6. The van der Waals surface area contributed by atoms with Crippen molar-refractivity contribution in [2.24, 2.45) is 0 Å². The topological polar surface area (TPSA) is 48.7 Å². The van der Waals surface area contributed by atoms with Gasteiger partial charge in [-0.3, -0.25) is 0 Å². The van der Waals surface area contributed by atoms with Crippen LogP contribution in [0.1, 0.15) is 12.5 Å². The molecule has 0 fully saturated rings. The lowest BCUT2D eigenvalue weighted by atomic mass is 10.1. The highest BCUT2D eigenvalue weighted by Gasteiger charge is 2.14. The number of ether oxygens (including phenoxy) is 2. The van der Waals surface area contributed by atoms with Crippen molar-refractivity contribution in [2.75, 3.05) is 14.2 Å². The van der Waals surface area contributed by atoms with Crippen LogP contribution in [0.25, 0.3) is 11.0 Å². The number of methoxy groups -OCH3 is 2. The quantitative estimate of drug-likeness (QED) is 0.765. The van der Waals surface area contributed by atoms with Crippen LogP contribution in [0.2, 0.25) is 0 Å². The summed E-state index contributed by atoms with van der Waals surface area (Å²) in [6, 6.07) is 5.19. The van der Waals surface area contributed by atoms with Crippen LogP contribution in [0, 0.1) is 0 Å². The number of fused-ring (bicyclic) bond motifs is 1. The maximum atomic E-state index is 11.5. The minimum absolute atomic E-state index is 0.374. The van der Waals surface area contributed by atoms with E-state index in [2.05, 4.69) is 0 Å². The van der Waals surface area contributed by atoms with Crippen LogP contribution in [-0.2, 0) is 6.42 Å². The van der Waals surface area contributed by atoms with Crippen molar-refractivity contribution in [3.63, 3.8) is 0 Å². The van der Waals surface area contributed by atoms with E-state index in [-0.39, 0.29) is 5.63 Å². The van der Waals surface area contributed by atoms with Gasteiger partial charge in [-0.15, -0.1) is 0 Å². The van der Waals surface area contributed by atoms with Gasteiger partial charge in [0.2, 0.25) is 5.75 Å². The van der Waals surface area contributed by atoms with Crippen LogP contribution < -0.4 is 15.1 Å². The van der Waals surface area contributed by atoms with Gasteiger partial charge in [-0.2, -0.15) is 0 Å². The van der Waals surface area contributed by atoms with Gasteiger partial charge in [-0.25, -0.2) is 4.79 Å². The van der Waals surface area contributed by atoms with Crippen LogP contribution in [0.15, 0.2) is 27.4 Å². The second-order valence-corrected chi connectivity index (χ2v) is 3.62. The standard InChI is InChI=1S/C13H14O4/c1-4-8-7-11(14)17-12-9(8)5-6-10(15-2)13(12)16-3/h5-7H,4H2,1-3H3. The van der Waals surface area contributed by atoms with E-state index in [9.17, 15) is 4.79 Å². The van der Waals surface area contributed by atoms with Gasteiger partial charge in [0, 0.05) is 11.5 Å². The Morgan fingerprint density at radius 1 is 1.24 bits per heavy atom. The maximum Gasteiger partial charge on any atom is 0.336 e. The first-order valence-electron chi connectivity index (χ1n) is 5.39. The summed E-state index contributed by atoms with van der Waals surface area (Å²) >= 11 is 0. The molecule has 0 aliphatic heterocycles. The molecule has 0 radical (unpaired) electrons. The van der Waals surface area contributed by atoms with E-state index in [1.54, 1.807) is 13.2 Å². The van der Waals surface area contributed by atoms with Crippen LogP contribution in [0.3, 0.4) is 0 Å². The van der Waals surface area contributed by atoms with Crippen molar-refractivity contribution in [3.05, 3.63) is 34.2 Å². The second kappa shape index (κ2) is 4.49. The summed E-state index contributed by atoms with van der Waals surface area (Å²) in [6.45, 7) is 1.99. The Kier molecular flexibility index (Phi) is 3.04. The first kappa shape index (κ1) is 11.5.